The van der Waals surface area contributed by atoms with E-state index in [1.165, 1.54) is 12.1 Å². The maximum atomic E-state index is 11.2. The number of benzene rings is 3. The summed E-state index contributed by atoms with van der Waals surface area (Å²) in [5.41, 5.74) is 9.76. The Hall–Kier alpha value is -0.734. The third-order valence-electron chi connectivity index (χ3n) is 3.63. The van der Waals surface area contributed by atoms with E-state index in [4.69, 9.17) is 10.3 Å². The van der Waals surface area contributed by atoms with E-state index in [-0.39, 0.29) is 57.7 Å². The maximum Gasteiger partial charge on any atom is 1.00 e. The van der Waals surface area contributed by atoms with Crippen LogP contribution in [0.5, 0.6) is 0 Å². The fourth-order valence-corrected chi connectivity index (χ4v) is 2.99. The second-order valence-electron chi connectivity index (χ2n) is 5.29. The zero-order chi connectivity index (χ0) is 15.9. The minimum Gasteiger partial charge on any atom is -1.00 e. The van der Waals surface area contributed by atoms with E-state index in [2.05, 4.69) is 0 Å². The van der Waals surface area contributed by atoms with E-state index in [1.807, 2.05) is 43.3 Å². The summed E-state index contributed by atoms with van der Waals surface area (Å²) in [4.78, 5) is -0.109. The van der Waals surface area contributed by atoms with Crippen LogP contribution in [-0.4, -0.2) is 13.0 Å². The molecule has 0 spiro atoms. The molecule has 0 atom stereocenters. The first-order chi connectivity index (χ1) is 10.3. The van der Waals surface area contributed by atoms with Crippen molar-refractivity contribution in [3.05, 3.63) is 60.2 Å². The molecule has 23 heavy (non-hydrogen) atoms. The van der Waals surface area contributed by atoms with Gasteiger partial charge in [0.15, 0.2) is 0 Å². The predicted octanol–water partition coefficient (Wildman–Crippen LogP) is 0.761. The summed E-state index contributed by atoms with van der Waals surface area (Å²) in [5, 5.41) is 1.62. The Morgan fingerprint density at radius 3 is 2.30 bits per heavy atom. The zero-order valence-electron chi connectivity index (χ0n) is 13.9. The van der Waals surface area contributed by atoms with E-state index in [0.29, 0.717) is 5.69 Å². The average Bonchev–Trinajstić information content (AvgIpc) is 2.47. The van der Waals surface area contributed by atoms with Crippen LogP contribution < -0.4 is 57.1 Å². The molecule has 0 bridgehead atoms. The molecule has 0 heterocycles. The molecule has 0 saturated carbocycles. The second kappa shape index (κ2) is 7.02. The number of hydrogen-bond donors (Lipinski definition) is 2. The van der Waals surface area contributed by atoms with Gasteiger partial charge in [0.2, 0.25) is 0 Å². The Labute approximate surface area is 179 Å². The van der Waals surface area contributed by atoms with E-state index in [9.17, 15) is 8.42 Å². The monoisotopic (exact) mass is 353 g/mol. The molecule has 0 aromatic heterocycles. The summed E-state index contributed by atoms with van der Waals surface area (Å²) in [6, 6.07) is 16.0. The number of nitrogens with two attached hydrogens (primary N) is 1. The van der Waals surface area contributed by atoms with Crippen LogP contribution in [0.1, 0.15) is 6.99 Å². The van der Waals surface area contributed by atoms with E-state index >= 15 is 0 Å². The van der Waals surface area contributed by atoms with Gasteiger partial charge in [0.25, 0.3) is 10.1 Å². The number of aryl methyl sites for hydroxylation is 1. The van der Waals surface area contributed by atoms with Crippen LogP contribution in [-0.2, 0) is 10.1 Å². The Morgan fingerprint density at radius 1 is 0.957 bits per heavy atom. The molecule has 0 fully saturated rings. The quantitative estimate of drug-likeness (QED) is 0.405. The molecule has 3 aromatic rings. The van der Waals surface area contributed by atoms with Gasteiger partial charge in [-0.05, 0) is 53.6 Å². The van der Waals surface area contributed by atoms with E-state index in [0.717, 1.165) is 27.5 Å². The van der Waals surface area contributed by atoms with Crippen LogP contribution in [0.4, 0.5) is 5.69 Å². The fraction of sp³-hybridized carbons (Fsp3) is 0.0588. The van der Waals surface area contributed by atoms with Crippen molar-refractivity contribution < 1.29 is 65.8 Å². The van der Waals surface area contributed by atoms with Crippen LogP contribution >= 0.6 is 0 Å². The predicted molar refractivity (Wildman–Crippen MR) is 89.5 cm³/mol. The van der Waals surface area contributed by atoms with Gasteiger partial charge in [-0.15, -0.1) is 0 Å². The van der Waals surface area contributed by atoms with Crippen LogP contribution in [0.15, 0.2) is 59.5 Å². The Morgan fingerprint density at radius 2 is 1.61 bits per heavy atom. The van der Waals surface area contributed by atoms with Gasteiger partial charge in [-0.2, -0.15) is 8.42 Å². The first-order valence-electron chi connectivity index (χ1n) is 6.72. The molecule has 3 rings (SSSR count). The minimum atomic E-state index is -4.19. The number of hydrogen-bond acceptors (Lipinski definition) is 3. The summed E-state index contributed by atoms with van der Waals surface area (Å²) in [6.45, 7) is 2.00. The Bertz CT molecular complexity index is 990. The van der Waals surface area contributed by atoms with Crippen LogP contribution in [0, 0.1) is 6.92 Å². The van der Waals surface area contributed by atoms with Crippen LogP contribution in [0.2, 0.25) is 0 Å². The molecule has 0 amide bonds. The molecule has 114 valence electrons. The first kappa shape index (κ1) is 18.6. The fourth-order valence-electron chi connectivity index (χ4n) is 2.47. The molecule has 0 aliphatic heterocycles. The summed E-state index contributed by atoms with van der Waals surface area (Å²) >= 11 is 0. The number of nitrogen functional groups attached to an aromatic ring is 1. The largest absolute Gasteiger partial charge is 1.00 e. The summed E-state index contributed by atoms with van der Waals surface area (Å²) in [5.74, 6) is 0. The number of anilines is 1. The molecule has 0 radical (unpaired) electrons. The smallest absolute Gasteiger partial charge is 1.00 e. The summed E-state index contributed by atoms with van der Waals surface area (Å²) < 4.78 is 31.5. The van der Waals surface area contributed by atoms with Crippen LogP contribution in [0.3, 0.4) is 0 Å². The Balaban J connectivity index is 0.00000144. The molecule has 4 nitrogen and oxygen atoms in total. The molecule has 0 unspecified atom stereocenters. The SMILES string of the molecule is Cc1ccc(N)c(-c2ccc3cc(S(=O)(=O)O)ccc3c2)c1.[H-].[K+]. The van der Waals surface area contributed by atoms with Gasteiger partial charge < -0.3 is 7.16 Å². The topological polar surface area (TPSA) is 80.4 Å². The van der Waals surface area contributed by atoms with Crippen molar-refractivity contribution in [3.63, 3.8) is 0 Å². The van der Waals surface area contributed by atoms with Crippen molar-refractivity contribution in [3.8, 4) is 11.1 Å². The van der Waals surface area contributed by atoms with Gasteiger partial charge in [-0.3, -0.25) is 4.55 Å². The maximum absolute atomic E-state index is 11.2. The van der Waals surface area contributed by atoms with Gasteiger partial charge in [0.1, 0.15) is 0 Å². The van der Waals surface area contributed by atoms with Crippen molar-refractivity contribution in [2.75, 3.05) is 5.73 Å². The Kier molecular flexibility index (Phi) is 5.68. The zero-order valence-corrected chi connectivity index (χ0v) is 16.9. The molecular weight excluding hydrogens is 337 g/mol. The second-order valence-corrected chi connectivity index (χ2v) is 6.71. The summed E-state index contributed by atoms with van der Waals surface area (Å²) in [7, 11) is -4.19. The average molecular weight is 353 g/mol. The minimum absolute atomic E-state index is 0. The number of fused-ring (bicyclic) bond motifs is 1. The number of rotatable bonds is 2. The molecule has 6 heteroatoms. The standard InChI is InChI=1S/C17H15NO3S.K.H/c1-11-2-7-17(18)16(8-11)14-4-3-13-10-15(22(19,20)21)6-5-12(13)9-14;;/h2-10H,18H2,1H3,(H,19,20,21);;/q;+1;-1. The van der Waals surface area contributed by atoms with Gasteiger partial charge in [0.05, 0.1) is 4.90 Å². The van der Waals surface area contributed by atoms with Crippen molar-refractivity contribution in [1.29, 1.82) is 0 Å². The van der Waals surface area contributed by atoms with Crippen molar-refractivity contribution in [1.82, 2.24) is 0 Å². The molecule has 3 N–H and O–H groups in total. The van der Waals surface area contributed by atoms with Crippen molar-refractivity contribution in [2.24, 2.45) is 0 Å². The molecular formula is C17H16KNO3S. The van der Waals surface area contributed by atoms with Gasteiger partial charge in [-0.1, -0.05) is 29.8 Å². The van der Waals surface area contributed by atoms with Crippen molar-refractivity contribution >= 4 is 26.6 Å². The molecule has 0 aliphatic rings. The van der Waals surface area contributed by atoms with Crippen LogP contribution in [0.25, 0.3) is 21.9 Å². The third-order valence-corrected chi connectivity index (χ3v) is 4.48. The molecule has 0 saturated heterocycles. The summed E-state index contributed by atoms with van der Waals surface area (Å²) in [6.07, 6.45) is 0. The van der Waals surface area contributed by atoms with Gasteiger partial charge in [0, 0.05) is 11.3 Å². The first-order valence-corrected chi connectivity index (χ1v) is 8.16. The normalized spacial score (nSPS) is 11.2. The van der Waals surface area contributed by atoms with E-state index < -0.39 is 10.1 Å². The molecule has 0 aliphatic carbocycles. The van der Waals surface area contributed by atoms with E-state index in [1.54, 1.807) is 6.07 Å². The van der Waals surface area contributed by atoms with Gasteiger partial charge >= 0.3 is 51.4 Å². The van der Waals surface area contributed by atoms with Crippen molar-refractivity contribution in [2.45, 2.75) is 11.8 Å². The third kappa shape index (κ3) is 4.03. The van der Waals surface area contributed by atoms with Gasteiger partial charge in [-0.25, -0.2) is 0 Å². The molecule has 3 aromatic carbocycles.